The van der Waals surface area contributed by atoms with E-state index in [0.29, 0.717) is 17.4 Å². The van der Waals surface area contributed by atoms with Crippen molar-refractivity contribution in [2.75, 3.05) is 6.54 Å². The Bertz CT molecular complexity index is 679. The molecular weight excluding hydrogens is 405 g/mol. The third kappa shape index (κ3) is 3.96. The van der Waals surface area contributed by atoms with Crippen LogP contribution in [-0.4, -0.2) is 15.0 Å². The fourth-order valence-corrected chi connectivity index (χ4v) is 5.29. The monoisotopic (exact) mass is 413 g/mol. The first kappa shape index (κ1) is 16.3. The SMILES string of the molecule is O=S(=O)(NCCc1cccs1)c1c(Cl)cc(Br)cc1Cl. The molecule has 3 nitrogen and oxygen atoms in total. The van der Waals surface area contributed by atoms with Crippen LogP contribution in [0.25, 0.3) is 0 Å². The van der Waals surface area contributed by atoms with Crippen LogP contribution in [0.2, 0.25) is 10.0 Å². The van der Waals surface area contributed by atoms with Gasteiger partial charge in [-0.05, 0) is 30.0 Å². The van der Waals surface area contributed by atoms with E-state index in [1.165, 1.54) is 12.1 Å². The Morgan fingerprint density at radius 3 is 2.45 bits per heavy atom. The van der Waals surface area contributed by atoms with E-state index in [9.17, 15) is 8.42 Å². The van der Waals surface area contributed by atoms with Gasteiger partial charge in [-0.25, -0.2) is 13.1 Å². The standard InChI is InChI=1S/C12H10BrCl2NO2S2/c13-8-6-10(14)12(11(15)7-8)20(17,18)16-4-3-9-2-1-5-19-9/h1-2,5-7,16H,3-4H2. The van der Waals surface area contributed by atoms with Crippen molar-refractivity contribution < 1.29 is 8.42 Å². The van der Waals surface area contributed by atoms with Gasteiger partial charge in [0.1, 0.15) is 4.90 Å². The fraction of sp³-hybridized carbons (Fsp3) is 0.167. The van der Waals surface area contributed by atoms with Crippen molar-refractivity contribution in [3.63, 3.8) is 0 Å². The topological polar surface area (TPSA) is 46.2 Å². The molecule has 0 unspecified atom stereocenters. The van der Waals surface area contributed by atoms with Crippen LogP contribution in [0.15, 0.2) is 39.0 Å². The minimum Gasteiger partial charge on any atom is -0.211 e. The molecule has 0 bridgehead atoms. The molecule has 0 atom stereocenters. The predicted molar refractivity (Wildman–Crippen MR) is 87.4 cm³/mol. The van der Waals surface area contributed by atoms with Gasteiger partial charge in [0.2, 0.25) is 10.0 Å². The quantitative estimate of drug-likeness (QED) is 0.790. The van der Waals surface area contributed by atoms with Crippen molar-refractivity contribution in [1.82, 2.24) is 4.72 Å². The smallest absolute Gasteiger partial charge is 0.211 e. The van der Waals surface area contributed by atoms with Crippen LogP contribution in [0.4, 0.5) is 0 Å². The summed E-state index contributed by atoms with van der Waals surface area (Å²) in [7, 11) is -3.72. The lowest BCUT2D eigenvalue weighted by atomic mass is 10.3. The number of hydrogen-bond acceptors (Lipinski definition) is 3. The Hall–Kier alpha value is -0.110. The molecule has 0 aliphatic carbocycles. The maximum atomic E-state index is 12.2. The summed E-state index contributed by atoms with van der Waals surface area (Å²) in [6.45, 7) is 0.297. The molecule has 0 spiro atoms. The molecule has 0 fully saturated rings. The molecule has 8 heteroatoms. The Kier molecular flexibility index (Phi) is 5.50. The minimum atomic E-state index is -3.72. The largest absolute Gasteiger partial charge is 0.243 e. The highest BCUT2D eigenvalue weighted by molar-refractivity contribution is 9.10. The van der Waals surface area contributed by atoms with E-state index in [4.69, 9.17) is 23.2 Å². The average Bonchev–Trinajstić information content (AvgIpc) is 2.79. The summed E-state index contributed by atoms with van der Waals surface area (Å²) in [6, 6.07) is 6.89. The van der Waals surface area contributed by atoms with E-state index in [2.05, 4.69) is 20.7 Å². The highest BCUT2D eigenvalue weighted by Gasteiger charge is 2.21. The third-order valence-electron chi connectivity index (χ3n) is 2.48. The van der Waals surface area contributed by atoms with Crippen molar-refractivity contribution in [3.05, 3.63) is 49.0 Å². The molecule has 0 saturated carbocycles. The van der Waals surface area contributed by atoms with E-state index in [1.54, 1.807) is 11.3 Å². The first-order chi connectivity index (χ1) is 9.40. The second-order valence-electron chi connectivity index (χ2n) is 3.93. The zero-order chi connectivity index (χ0) is 14.8. The molecule has 0 aliphatic rings. The zero-order valence-electron chi connectivity index (χ0n) is 10.1. The predicted octanol–water partition coefficient (Wildman–Crippen LogP) is 4.34. The Balaban J connectivity index is 2.14. The van der Waals surface area contributed by atoms with Gasteiger partial charge in [0.05, 0.1) is 10.0 Å². The van der Waals surface area contributed by atoms with Gasteiger partial charge >= 0.3 is 0 Å². The summed E-state index contributed by atoms with van der Waals surface area (Å²) in [4.78, 5) is 1.02. The van der Waals surface area contributed by atoms with Gasteiger partial charge in [-0.2, -0.15) is 0 Å². The molecule has 0 aliphatic heterocycles. The minimum absolute atomic E-state index is 0.0878. The highest BCUT2D eigenvalue weighted by Crippen LogP contribution is 2.32. The van der Waals surface area contributed by atoms with Crippen LogP contribution in [0.5, 0.6) is 0 Å². The summed E-state index contributed by atoms with van der Waals surface area (Å²) in [6.07, 6.45) is 0.628. The lowest BCUT2D eigenvalue weighted by Crippen LogP contribution is -2.26. The van der Waals surface area contributed by atoms with Crippen LogP contribution in [0.3, 0.4) is 0 Å². The van der Waals surface area contributed by atoms with E-state index < -0.39 is 10.0 Å². The van der Waals surface area contributed by atoms with E-state index in [1.807, 2.05) is 17.5 Å². The molecule has 2 rings (SSSR count). The molecule has 1 N–H and O–H groups in total. The van der Waals surface area contributed by atoms with Gasteiger partial charge in [-0.1, -0.05) is 45.2 Å². The Morgan fingerprint density at radius 2 is 1.90 bits per heavy atom. The molecule has 0 radical (unpaired) electrons. The molecule has 0 saturated heterocycles. The van der Waals surface area contributed by atoms with Crippen LogP contribution >= 0.6 is 50.5 Å². The number of nitrogens with one attached hydrogen (secondary N) is 1. The first-order valence-electron chi connectivity index (χ1n) is 5.57. The number of benzene rings is 1. The summed E-state index contributed by atoms with van der Waals surface area (Å²) in [5.41, 5.74) is 0. The van der Waals surface area contributed by atoms with Gasteiger partial charge in [-0.3, -0.25) is 0 Å². The second kappa shape index (κ2) is 6.77. The maximum Gasteiger partial charge on any atom is 0.243 e. The summed E-state index contributed by atoms with van der Waals surface area (Å²) in [5.74, 6) is 0. The lowest BCUT2D eigenvalue weighted by molar-refractivity contribution is 0.582. The van der Waals surface area contributed by atoms with Crippen LogP contribution in [0.1, 0.15) is 4.88 Å². The van der Waals surface area contributed by atoms with Crippen LogP contribution < -0.4 is 4.72 Å². The first-order valence-corrected chi connectivity index (χ1v) is 9.48. The van der Waals surface area contributed by atoms with Gasteiger partial charge in [0, 0.05) is 15.9 Å². The molecule has 108 valence electrons. The van der Waals surface area contributed by atoms with E-state index >= 15 is 0 Å². The number of thiophene rings is 1. The van der Waals surface area contributed by atoms with Gasteiger partial charge in [0.15, 0.2) is 0 Å². The summed E-state index contributed by atoms with van der Waals surface area (Å²) in [5, 5.41) is 2.13. The van der Waals surface area contributed by atoms with Crippen molar-refractivity contribution in [2.24, 2.45) is 0 Å². The Labute approximate surface area is 140 Å². The van der Waals surface area contributed by atoms with Crippen molar-refractivity contribution in [2.45, 2.75) is 11.3 Å². The number of sulfonamides is 1. The fourth-order valence-electron chi connectivity index (χ4n) is 1.62. The molecule has 20 heavy (non-hydrogen) atoms. The molecule has 1 aromatic heterocycles. The number of hydrogen-bond donors (Lipinski definition) is 1. The van der Waals surface area contributed by atoms with Crippen LogP contribution in [-0.2, 0) is 16.4 Å². The van der Waals surface area contributed by atoms with Crippen molar-refractivity contribution in [3.8, 4) is 0 Å². The molecular formula is C12H10BrCl2NO2S2. The van der Waals surface area contributed by atoms with Crippen molar-refractivity contribution >= 4 is 60.5 Å². The van der Waals surface area contributed by atoms with E-state index in [0.717, 1.165) is 4.88 Å². The molecule has 1 aromatic carbocycles. The van der Waals surface area contributed by atoms with Crippen molar-refractivity contribution in [1.29, 1.82) is 0 Å². The maximum absolute atomic E-state index is 12.2. The number of rotatable bonds is 5. The number of halogens is 3. The average molecular weight is 415 g/mol. The van der Waals surface area contributed by atoms with Gasteiger partial charge in [-0.15, -0.1) is 11.3 Å². The lowest BCUT2D eigenvalue weighted by Gasteiger charge is -2.10. The molecule has 2 aromatic rings. The molecule has 1 heterocycles. The normalized spacial score (nSPS) is 11.8. The van der Waals surface area contributed by atoms with Gasteiger partial charge in [0.25, 0.3) is 0 Å². The zero-order valence-corrected chi connectivity index (χ0v) is 14.8. The highest BCUT2D eigenvalue weighted by atomic mass is 79.9. The molecule has 0 amide bonds. The van der Waals surface area contributed by atoms with Crippen LogP contribution in [0, 0.1) is 0 Å². The summed E-state index contributed by atoms with van der Waals surface area (Å²) < 4.78 is 27.6. The third-order valence-corrected chi connectivity index (χ3v) is 6.25. The second-order valence-corrected chi connectivity index (χ2v) is 8.39. The van der Waals surface area contributed by atoms with E-state index in [-0.39, 0.29) is 14.9 Å². The Morgan fingerprint density at radius 1 is 1.25 bits per heavy atom. The summed E-state index contributed by atoms with van der Waals surface area (Å²) >= 11 is 16.7. The van der Waals surface area contributed by atoms with Gasteiger partial charge < -0.3 is 0 Å².